The molecule has 3 nitrogen and oxygen atoms in total. The van der Waals surface area contributed by atoms with Gasteiger partial charge in [0.25, 0.3) is 0 Å². The summed E-state index contributed by atoms with van der Waals surface area (Å²) < 4.78 is 43.3. The molecule has 0 radical (unpaired) electrons. The molecular formula is C15H18F3NO2. The van der Waals surface area contributed by atoms with E-state index in [1.807, 2.05) is 6.92 Å². The molecule has 21 heavy (non-hydrogen) atoms. The molecule has 1 aromatic rings. The van der Waals surface area contributed by atoms with Gasteiger partial charge in [0.15, 0.2) is 0 Å². The molecule has 0 saturated carbocycles. The number of hydrogen-bond donors (Lipinski definition) is 1. The Morgan fingerprint density at radius 1 is 1.38 bits per heavy atom. The van der Waals surface area contributed by atoms with Gasteiger partial charge in [0.05, 0.1) is 24.7 Å². The average molecular weight is 301 g/mol. The van der Waals surface area contributed by atoms with Gasteiger partial charge >= 0.3 is 6.18 Å². The van der Waals surface area contributed by atoms with Gasteiger partial charge in [-0.15, -0.1) is 0 Å². The normalized spacial score (nSPS) is 22.5. The van der Waals surface area contributed by atoms with Gasteiger partial charge < -0.3 is 10.1 Å². The number of nitrogens with one attached hydrogen (secondary N) is 1. The van der Waals surface area contributed by atoms with Gasteiger partial charge in [-0.2, -0.15) is 13.2 Å². The van der Waals surface area contributed by atoms with Crippen LogP contribution < -0.4 is 5.32 Å². The largest absolute Gasteiger partial charge is 0.416 e. The van der Waals surface area contributed by atoms with Crippen LogP contribution in [0.3, 0.4) is 0 Å². The van der Waals surface area contributed by atoms with Crippen LogP contribution in [0.5, 0.6) is 0 Å². The Kier molecular flexibility index (Phi) is 5.00. The van der Waals surface area contributed by atoms with Gasteiger partial charge in [-0.1, -0.05) is 25.1 Å². The lowest BCUT2D eigenvalue weighted by Crippen LogP contribution is -2.39. The molecule has 116 valence electrons. The fourth-order valence-electron chi connectivity index (χ4n) is 2.52. The molecule has 0 aromatic heterocycles. The van der Waals surface area contributed by atoms with E-state index in [9.17, 15) is 18.0 Å². The highest BCUT2D eigenvalue weighted by Gasteiger charge is 2.34. The third-order valence-electron chi connectivity index (χ3n) is 3.59. The van der Waals surface area contributed by atoms with Gasteiger partial charge in [-0.25, -0.2) is 0 Å². The fraction of sp³-hybridized carbons (Fsp3) is 0.533. The van der Waals surface area contributed by atoms with Crippen LogP contribution in [0.4, 0.5) is 13.2 Å². The van der Waals surface area contributed by atoms with Crippen molar-refractivity contribution in [2.75, 3.05) is 19.8 Å². The van der Waals surface area contributed by atoms with E-state index < -0.39 is 11.7 Å². The lowest BCUT2D eigenvalue weighted by atomic mass is 9.93. The number of ketones is 1. The van der Waals surface area contributed by atoms with Crippen LogP contribution in [-0.4, -0.2) is 31.6 Å². The summed E-state index contributed by atoms with van der Waals surface area (Å²) in [7, 11) is 0. The second kappa shape index (κ2) is 6.58. The summed E-state index contributed by atoms with van der Waals surface area (Å²) in [6, 6.07) is 4.88. The van der Waals surface area contributed by atoms with Crippen LogP contribution in [0.15, 0.2) is 24.3 Å². The summed E-state index contributed by atoms with van der Waals surface area (Å²) in [6.45, 7) is 3.45. The first kappa shape index (κ1) is 16.0. The highest BCUT2D eigenvalue weighted by atomic mass is 19.4. The molecule has 0 spiro atoms. The van der Waals surface area contributed by atoms with Crippen LogP contribution in [0.25, 0.3) is 0 Å². The van der Waals surface area contributed by atoms with Crippen LogP contribution in [0.2, 0.25) is 0 Å². The van der Waals surface area contributed by atoms with Crippen LogP contribution in [0.1, 0.15) is 18.1 Å². The van der Waals surface area contributed by atoms with Crippen molar-refractivity contribution in [1.29, 1.82) is 0 Å². The summed E-state index contributed by atoms with van der Waals surface area (Å²) in [4.78, 5) is 12.3. The first-order valence-corrected chi connectivity index (χ1v) is 6.91. The third kappa shape index (κ3) is 4.04. The van der Waals surface area contributed by atoms with E-state index in [1.165, 1.54) is 6.07 Å². The third-order valence-corrected chi connectivity index (χ3v) is 3.59. The second-order valence-electron chi connectivity index (χ2n) is 5.15. The molecule has 1 aliphatic heterocycles. The topological polar surface area (TPSA) is 38.3 Å². The van der Waals surface area contributed by atoms with E-state index in [2.05, 4.69) is 5.32 Å². The number of Topliss-reactive ketones (excluding diaryl/α,β-unsaturated/α-hetero) is 1. The van der Waals surface area contributed by atoms with Crippen LogP contribution >= 0.6 is 0 Å². The highest BCUT2D eigenvalue weighted by Crippen LogP contribution is 2.30. The maximum Gasteiger partial charge on any atom is 0.416 e. The molecule has 6 heteroatoms. The van der Waals surface area contributed by atoms with Crippen LogP contribution in [-0.2, 0) is 22.1 Å². The minimum absolute atomic E-state index is 0.000158. The number of likely N-dealkylation sites (N-methyl/N-ethyl adjacent to an activating group) is 1. The van der Waals surface area contributed by atoms with Gasteiger partial charge in [-0.3, -0.25) is 4.79 Å². The lowest BCUT2D eigenvalue weighted by molar-refractivity contribution is -0.137. The molecule has 1 heterocycles. The van der Waals surface area contributed by atoms with E-state index in [4.69, 9.17) is 4.74 Å². The molecule has 1 aliphatic rings. The first-order valence-electron chi connectivity index (χ1n) is 6.91. The maximum atomic E-state index is 12.7. The minimum Gasteiger partial charge on any atom is -0.379 e. The van der Waals surface area contributed by atoms with Crippen molar-refractivity contribution in [3.05, 3.63) is 35.4 Å². The molecular weight excluding hydrogens is 283 g/mol. The number of rotatable bonds is 5. The number of hydrogen-bond acceptors (Lipinski definition) is 3. The first-order chi connectivity index (χ1) is 9.91. The molecule has 0 bridgehead atoms. The number of alkyl halides is 3. The number of carbonyl (C=O) groups is 1. The molecule has 1 aromatic carbocycles. The standard InChI is InChI=1S/C15H18F3NO2/c1-2-19-13-9-21-8-12(13)14(20)7-10-4-3-5-11(6-10)15(16,17)18/h3-6,12-13,19H,2,7-9H2,1H3. The highest BCUT2D eigenvalue weighted by molar-refractivity contribution is 5.84. The summed E-state index contributed by atoms with van der Waals surface area (Å²) in [6.07, 6.45) is -4.39. The van der Waals surface area contributed by atoms with E-state index in [0.29, 0.717) is 18.8 Å². The SMILES string of the molecule is CCNC1COCC1C(=O)Cc1cccc(C(F)(F)F)c1. The number of benzene rings is 1. The average Bonchev–Trinajstić information content (AvgIpc) is 2.87. The zero-order valence-electron chi connectivity index (χ0n) is 11.7. The molecule has 1 fully saturated rings. The molecule has 2 unspecified atom stereocenters. The number of ether oxygens (including phenoxy) is 1. The van der Waals surface area contributed by atoms with E-state index in [-0.39, 0.29) is 24.2 Å². The Morgan fingerprint density at radius 3 is 2.81 bits per heavy atom. The van der Waals surface area contributed by atoms with Gasteiger partial charge in [0.2, 0.25) is 0 Å². The van der Waals surface area contributed by atoms with Gasteiger partial charge in [0, 0.05) is 12.5 Å². The van der Waals surface area contributed by atoms with Crippen molar-refractivity contribution in [3.63, 3.8) is 0 Å². The predicted octanol–water partition coefficient (Wildman–Crippen LogP) is 2.44. The molecule has 0 amide bonds. The lowest BCUT2D eigenvalue weighted by Gasteiger charge is -2.17. The van der Waals surface area contributed by atoms with Crippen molar-refractivity contribution < 1.29 is 22.7 Å². The Labute approximate surface area is 121 Å². The molecule has 1 N–H and O–H groups in total. The number of halogens is 3. The summed E-state index contributed by atoms with van der Waals surface area (Å²) >= 11 is 0. The van der Waals surface area contributed by atoms with Crippen molar-refractivity contribution in [3.8, 4) is 0 Å². The Morgan fingerprint density at radius 2 is 2.14 bits per heavy atom. The monoisotopic (exact) mass is 301 g/mol. The van der Waals surface area contributed by atoms with E-state index >= 15 is 0 Å². The zero-order valence-corrected chi connectivity index (χ0v) is 11.7. The number of carbonyl (C=O) groups excluding carboxylic acids is 1. The molecule has 1 saturated heterocycles. The molecule has 0 aliphatic carbocycles. The second-order valence-corrected chi connectivity index (χ2v) is 5.15. The quantitative estimate of drug-likeness (QED) is 0.908. The van der Waals surface area contributed by atoms with Crippen LogP contribution in [0, 0.1) is 5.92 Å². The van der Waals surface area contributed by atoms with Crippen molar-refractivity contribution in [1.82, 2.24) is 5.32 Å². The van der Waals surface area contributed by atoms with Crippen molar-refractivity contribution >= 4 is 5.78 Å². The summed E-state index contributed by atoms with van der Waals surface area (Å²) in [5.74, 6) is -0.378. The zero-order chi connectivity index (χ0) is 15.5. The maximum absolute atomic E-state index is 12.7. The van der Waals surface area contributed by atoms with Gasteiger partial charge in [0.1, 0.15) is 5.78 Å². The fourth-order valence-corrected chi connectivity index (χ4v) is 2.52. The smallest absolute Gasteiger partial charge is 0.379 e. The molecule has 2 atom stereocenters. The molecule has 2 rings (SSSR count). The summed E-state index contributed by atoms with van der Waals surface area (Å²) in [5, 5.41) is 3.17. The van der Waals surface area contributed by atoms with Crippen molar-refractivity contribution in [2.45, 2.75) is 25.6 Å². The van der Waals surface area contributed by atoms with Crippen molar-refractivity contribution in [2.24, 2.45) is 5.92 Å². The Balaban J connectivity index is 2.06. The predicted molar refractivity (Wildman–Crippen MR) is 71.9 cm³/mol. The van der Waals surface area contributed by atoms with E-state index in [1.54, 1.807) is 6.07 Å². The summed E-state index contributed by atoms with van der Waals surface area (Å²) in [5.41, 5.74) is -0.337. The minimum atomic E-state index is -4.39. The Hall–Kier alpha value is -1.40. The van der Waals surface area contributed by atoms with E-state index in [0.717, 1.165) is 18.7 Å². The van der Waals surface area contributed by atoms with Gasteiger partial charge in [-0.05, 0) is 18.2 Å². The Bertz CT molecular complexity index is 502.